The van der Waals surface area contributed by atoms with Crippen LogP contribution in [-0.2, 0) is 11.2 Å². The highest BCUT2D eigenvalue weighted by Gasteiger charge is 2.14. The van der Waals surface area contributed by atoms with Gasteiger partial charge in [0.1, 0.15) is 5.82 Å². The Morgan fingerprint density at radius 2 is 2.00 bits per heavy atom. The van der Waals surface area contributed by atoms with Crippen molar-refractivity contribution in [3.8, 4) is 0 Å². The number of benzene rings is 2. The number of amides is 1. The summed E-state index contributed by atoms with van der Waals surface area (Å²) in [5, 5.41) is 12.9. The molecular weight excluding hydrogens is 337 g/mol. The third kappa shape index (κ3) is 4.96. The highest BCUT2D eigenvalue weighted by molar-refractivity contribution is 7.98. The Morgan fingerprint density at radius 1 is 1.30 bits per heavy atom. The Balaban J connectivity index is 1.90. The Morgan fingerprint density at radius 3 is 2.61 bits per heavy atom. The maximum atomic E-state index is 13.6. The fraction of sp³-hybridized carbons (Fsp3) is 0.235. The topological polar surface area (TPSA) is 49.3 Å². The van der Waals surface area contributed by atoms with E-state index in [2.05, 4.69) is 5.32 Å². The van der Waals surface area contributed by atoms with Gasteiger partial charge in [-0.05, 0) is 36.1 Å². The number of carbonyl (C=O) groups excluding carboxylic acids is 1. The smallest absolute Gasteiger partial charge is 0.224 e. The van der Waals surface area contributed by atoms with E-state index < -0.39 is 17.8 Å². The van der Waals surface area contributed by atoms with Crippen LogP contribution in [0.1, 0.15) is 17.2 Å². The van der Waals surface area contributed by atoms with Gasteiger partial charge in [-0.15, -0.1) is 11.8 Å². The molecule has 0 radical (unpaired) electrons. The molecule has 0 fully saturated rings. The molecule has 2 rings (SSSR count). The van der Waals surface area contributed by atoms with E-state index in [1.807, 2.05) is 30.5 Å². The van der Waals surface area contributed by atoms with Gasteiger partial charge in [-0.2, -0.15) is 0 Å². The number of hydrogen-bond donors (Lipinski definition) is 2. The van der Waals surface area contributed by atoms with Crippen LogP contribution >= 0.6 is 23.4 Å². The van der Waals surface area contributed by atoms with Gasteiger partial charge in [0.15, 0.2) is 0 Å². The lowest BCUT2D eigenvalue weighted by molar-refractivity contribution is -0.120. The highest BCUT2D eigenvalue weighted by Crippen LogP contribution is 2.20. The summed E-state index contributed by atoms with van der Waals surface area (Å²) in [6.07, 6.45) is 0.995. The lowest BCUT2D eigenvalue weighted by Gasteiger charge is -2.13. The molecule has 3 nitrogen and oxygen atoms in total. The first-order valence-corrected chi connectivity index (χ1v) is 8.63. The van der Waals surface area contributed by atoms with E-state index in [-0.39, 0.29) is 23.6 Å². The zero-order valence-corrected chi connectivity index (χ0v) is 14.1. The summed E-state index contributed by atoms with van der Waals surface area (Å²) in [5.41, 5.74) is 0.873. The van der Waals surface area contributed by atoms with Crippen LogP contribution in [0.3, 0.4) is 0 Å². The van der Waals surface area contributed by atoms with Crippen LogP contribution in [-0.4, -0.2) is 23.8 Å². The fourth-order valence-corrected chi connectivity index (χ4v) is 2.72. The lowest BCUT2D eigenvalue weighted by Crippen LogP contribution is -2.30. The summed E-state index contributed by atoms with van der Waals surface area (Å²) in [4.78, 5) is 13.0. The van der Waals surface area contributed by atoms with Crippen LogP contribution in [0.2, 0.25) is 5.02 Å². The Labute approximate surface area is 143 Å². The molecule has 1 amide bonds. The molecule has 6 heteroatoms. The second-order valence-electron chi connectivity index (χ2n) is 4.97. The van der Waals surface area contributed by atoms with Crippen molar-refractivity contribution in [3.05, 3.63) is 64.4 Å². The van der Waals surface area contributed by atoms with E-state index in [1.54, 1.807) is 11.8 Å². The number of aliphatic hydroxyl groups excluding tert-OH is 1. The van der Waals surface area contributed by atoms with E-state index in [1.165, 1.54) is 18.2 Å². The number of thioether (sulfide) groups is 1. The highest BCUT2D eigenvalue weighted by atomic mass is 35.5. The Hall–Kier alpha value is -1.56. The first kappa shape index (κ1) is 17.8. The van der Waals surface area contributed by atoms with E-state index in [9.17, 15) is 14.3 Å². The van der Waals surface area contributed by atoms with Crippen LogP contribution in [0.15, 0.2) is 47.4 Å². The van der Waals surface area contributed by atoms with Gasteiger partial charge in [-0.1, -0.05) is 29.8 Å². The minimum absolute atomic E-state index is 0.0590. The Kier molecular flexibility index (Phi) is 6.45. The first-order valence-electron chi connectivity index (χ1n) is 7.03. The molecule has 0 aliphatic heterocycles. The van der Waals surface area contributed by atoms with Gasteiger partial charge >= 0.3 is 0 Å². The van der Waals surface area contributed by atoms with E-state index in [4.69, 9.17) is 11.6 Å². The molecule has 0 heterocycles. The third-order valence-electron chi connectivity index (χ3n) is 3.39. The maximum Gasteiger partial charge on any atom is 0.224 e. The summed E-state index contributed by atoms with van der Waals surface area (Å²) in [7, 11) is 0. The van der Waals surface area contributed by atoms with Crippen molar-refractivity contribution < 1.29 is 14.3 Å². The monoisotopic (exact) mass is 353 g/mol. The molecule has 0 saturated heterocycles. The van der Waals surface area contributed by atoms with Gasteiger partial charge in [0.05, 0.1) is 12.5 Å². The molecule has 2 aromatic carbocycles. The first-order chi connectivity index (χ1) is 11.0. The van der Waals surface area contributed by atoms with E-state index >= 15 is 0 Å². The van der Waals surface area contributed by atoms with Crippen LogP contribution in [0.5, 0.6) is 0 Å². The fourth-order valence-electron chi connectivity index (χ4n) is 2.08. The van der Waals surface area contributed by atoms with Gasteiger partial charge in [-0.3, -0.25) is 4.79 Å². The quantitative estimate of drug-likeness (QED) is 0.780. The van der Waals surface area contributed by atoms with Crippen molar-refractivity contribution >= 4 is 29.3 Å². The van der Waals surface area contributed by atoms with Gasteiger partial charge < -0.3 is 10.4 Å². The number of aliphatic hydroxyl groups is 1. The number of hydrogen-bond acceptors (Lipinski definition) is 3. The molecular formula is C17H17ClFNO2S. The summed E-state index contributed by atoms with van der Waals surface area (Å²) in [5.74, 6) is -0.905. The summed E-state index contributed by atoms with van der Waals surface area (Å²) in [6, 6.07) is 11.7. The van der Waals surface area contributed by atoms with Gasteiger partial charge in [0, 0.05) is 22.0 Å². The average Bonchev–Trinajstić information content (AvgIpc) is 2.56. The lowest BCUT2D eigenvalue weighted by atomic mass is 10.1. The van der Waals surface area contributed by atoms with Crippen LogP contribution in [0, 0.1) is 5.82 Å². The Bertz CT molecular complexity index is 659. The van der Waals surface area contributed by atoms with Crippen molar-refractivity contribution in [1.82, 2.24) is 5.32 Å². The molecule has 0 aliphatic rings. The van der Waals surface area contributed by atoms with Crippen LogP contribution in [0.4, 0.5) is 4.39 Å². The summed E-state index contributed by atoms with van der Waals surface area (Å²) < 4.78 is 13.6. The minimum atomic E-state index is -0.814. The normalized spacial score (nSPS) is 12.0. The zero-order valence-electron chi connectivity index (χ0n) is 12.6. The van der Waals surface area contributed by atoms with Crippen molar-refractivity contribution in [2.24, 2.45) is 0 Å². The SMILES string of the molecule is CSc1ccc(C(O)CNC(=O)Cc2c(F)cccc2Cl)cc1. The van der Waals surface area contributed by atoms with E-state index in [0.717, 1.165) is 4.90 Å². The molecule has 0 saturated carbocycles. The number of carbonyl (C=O) groups is 1. The van der Waals surface area contributed by atoms with Crippen molar-refractivity contribution in [3.63, 3.8) is 0 Å². The molecule has 23 heavy (non-hydrogen) atoms. The summed E-state index contributed by atoms with van der Waals surface area (Å²) >= 11 is 7.50. The molecule has 0 bridgehead atoms. The van der Waals surface area contributed by atoms with Crippen LogP contribution < -0.4 is 5.32 Å². The predicted molar refractivity (Wildman–Crippen MR) is 91.3 cm³/mol. The molecule has 0 aromatic heterocycles. The standard InChI is InChI=1S/C17H17ClFNO2S/c1-23-12-7-5-11(6-8-12)16(21)10-20-17(22)9-13-14(18)3-2-4-15(13)19/h2-8,16,21H,9-10H2,1H3,(H,20,22). The minimum Gasteiger partial charge on any atom is -0.387 e. The third-order valence-corrected chi connectivity index (χ3v) is 4.49. The number of halogens is 2. The van der Waals surface area contributed by atoms with Crippen molar-refractivity contribution in [2.75, 3.05) is 12.8 Å². The molecule has 0 aliphatic carbocycles. The number of rotatable bonds is 6. The predicted octanol–water partition coefficient (Wildman–Crippen LogP) is 3.59. The van der Waals surface area contributed by atoms with E-state index in [0.29, 0.717) is 5.56 Å². The van der Waals surface area contributed by atoms with Crippen molar-refractivity contribution in [2.45, 2.75) is 17.4 Å². The number of nitrogens with one attached hydrogen (secondary N) is 1. The molecule has 2 N–H and O–H groups in total. The largest absolute Gasteiger partial charge is 0.387 e. The second-order valence-corrected chi connectivity index (χ2v) is 6.26. The molecule has 2 aromatic rings. The average molecular weight is 354 g/mol. The zero-order chi connectivity index (χ0) is 16.8. The molecule has 122 valence electrons. The molecule has 1 unspecified atom stereocenters. The van der Waals surface area contributed by atoms with Gasteiger partial charge in [0.25, 0.3) is 0 Å². The molecule has 1 atom stereocenters. The van der Waals surface area contributed by atoms with Crippen molar-refractivity contribution in [1.29, 1.82) is 0 Å². The summed E-state index contributed by atoms with van der Waals surface area (Å²) in [6.45, 7) is 0.0590. The van der Waals surface area contributed by atoms with Crippen LogP contribution in [0.25, 0.3) is 0 Å². The molecule has 0 spiro atoms. The maximum absolute atomic E-state index is 13.6. The second kappa shape index (κ2) is 8.34. The van der Waals surface area contributed by atoms with Gasteiger partial charge in [-0.25, -0.2) is 4.39 Å². The van der Waals surface area contributed by atoms with Gasteiger partial charge in [0.2, 0.25) is 5.91 Å².